The third-order valence-corrected chi connectivity index (χ3v) is 4.12. The summed E-state index contributed by atoms with van der Waals surface area (Å²) in [7, 11) is 0. The summed E-state index contributed by atoms with van der Waals surface area (Å²) in [5, 5.41) is 11.9. The van der Waals surface area contributed by atoms with Crippen molar-refractivity contribution in [3.05, 3.63) is 34.8 Å². The molecule has 0 atom stereocenters. The zero-order valence-corrected chi connectivity index (χ0v) is 14.0. The fraction of sp³-hybridized carbons (Fsp3) is 0.400. The number of benzene rings is 1. The highest BCUT2D eigenvalue weighted by atomic mass is 35.5. The summed E-state index contributed by atoms with van der Waals surface area (Å²) in [6, 6.07) is 6.84. The van der Waals surface area contributed by atoms with Crippen LogP contribution in [0.15, 0.2) is 29.8 Å². The number of carbonyl (C=O) groups is 1. The van der Waals surface area contributed by atoms with E-state index >= 15 is 0 Å². The molecule has 0 aliphatic heterocycles. The van der Waals surface area contributed by atoms with Crippen LogP contribution in [0.1, 0.15) is 32.6 Å². The van der Waals surface area contributed by atoms with Gasteiger partial charge in [-0.1, -0.05) is 49.1 Å². The molecule has 1 aromatic heterocycles. The lowest BCUT2D eigenvalue weighted by Crippen LogP contribution is -2.35. The summed E-state index contributed by atoms with van der Waals surface area (Å²) in [5.41, 5.74) is 2.33. The van der Waals surface area contributed by atoms with E-state index in [0.29, 0.717) is 22.4 Å². The second-order valence-corrected chi connectivity index (χ2v) is 6.12. The van der Waals surface area contributed by atoms with Gasteiger partial charge in [-0.05, 0) is 30.7 Å². The standard InChI is InChI=1S/C15H19ClN4OS/c1-2-3-4-5-10-20(15-19-17-11-22-15)14(21)18-13-8-6-12(16)7-9-13/h6-9,11H,2-5,10H2,1H3,(H,18,21). The van der Waals surface area contributed by atoms with Crippen LogP contribution in [-0.2, 0) is 0 Å². The summed E-state index contributed by atoms with van der Waals surface area (Å²) in [5.74, 6) is 0. The number of nitrogens with zero attached hydrogens (tertiary/aromatic N) is 3. The summed E-state index contributed by atoms with van der Waals surface area (Å²) >= 11 is 7.21. The Hall–Kier alpha value is -1.66. The van der Waals surface area contributed by atoms with Gasteiger partial charge < -0.3 is 5.32 Å². The van der Waals surface area contributed by atoms with E-state index < -0.39 is 0 Å². The van der Waals surface area contributed by atoms with Crippen LogP contribution < -0.4 is 10.2 Å². The first-order valence-electron chi connectivity index (χ1n) is 7.31. The van der Waals surface area contributed by atoms with Gasteiger partial charge in [0.05, 0.1) is 0 Å². The van der Waals surface area contributed by atoms with Gasteiger partial charge in [0.15, 0.2) is 0 Å². The molecule has 0 spiro atoms. The summed E-state index contributed by atoms with van der Waals surface area (Å²) in [4.78, 5) is 14.1. The van der Waals surface area contributed by atoms with Crippen LogP contribution in [0.4, 0.5) is 15.6 Å². The van der Waals surface area contributed by atoms with E-state index in [-0.39, 0.29) is 6.03 Å². The fourth-order valence-corrected chi connectivity index (χ4v) is 2.70. The third-order valence-electron chi connectivity index (χ3n) is 3.16. The average molecular weight is 339 g/mol. The van der Waals surface area contributed by atoms with Crippen LogP contribution in [0.5, 0.6) is 0 Å². The maximum absolute atomic E-state index is 12.5. The molecule has 118 valence electrons. The molecule has 1 aromatic carbocycles. The average Bonchev–Trinajstić information content (AvgIpc) is 3.03. The van der Waals surface area contributed by atoms with Gasteiger partial charge >= 0.3 is 6.03 Å². The minimum Gasteiger partial charge on any atom is -0.307 e. The van der Waals surface area contributed by atoms with Crippen LogP contribution in [0, 0.1) is 0 Å². The molecular weight excluding hydrogens is 320 g/mol. The molecule has 7 heteroatoms. The lowest BCUT2D eigenvalue weighted by atomic mass is 10.2. The predicted octanol–water partition coefficient (Wildman–Crippen LogP) is 4.81. The minimum absolute atomic E-state index is 0.199. The monoisotopic (exact) mass is 338 g/mol. The SMILES string of the molecule is CCCCCCN(C(=O)Nc1ccc(Cl)cc1)c1nncs1. The molecule has 5 nitrogen and oxygen atoms in total. The van der Waals surface area contributed by atoms with E-state index in [1.165, 1.54) is 17.8 Å². The van der Waals surface area contributed by atoms with E-state index in [1.807, 2.05) is 0 Å². The number of rotatable bonds is 7. The highest BCUT2D eigenvalue weighted by Crippen LogP contribution is 2.19. The van der Waals surface area contributed by atoms with E-state index in [9.17, 15) is 4.79 Å². The van der Waals surface area contributed by atoms with Crippen molar-refractivity contribution in [2.45, 2.75) is 32.6 Å². The van der Waals surface area contributed by atoms with E-state index in [2.05, 4.69) is 22.4 Å². The van der Waals surface area contributed by atoms with Crippen molar-refractivity contribution in [2.75, 3.05) is 16.8 Å². The van der Waals surface area contributed by atoms with Crippen LogP contribution >= 0.6 is 22.9 Å². The summed E-state index contributed by atoms with van der Waals surface area (Å²) in [6.45, 7) is 2.80. The van der Waals surface area contributed by atoms with Gasteiger partial charge in [-0.3, -0.25) is 4.90 Å². The molecular formula is C15H19ClN4OS. The Bertz CT molecular complexity index is 574. The van der Waals surface area contributed by atoms with Crippen LogP contribution in [0.3, 0.4) is 0 Å². The molecule has 22 heavy (non-hydrogen) atoms. The molecule has 1 heterocycles. The molecule has 0 radical (unpaired) electrons. The van der Waals surface area contributed by atoms with Gasteiger partial charge in [-0.15, -0.1) is 10.2 Å². The number of urea groups is 1. The minimum atomic E-state index is -0.199. The Morgan fingerprint density at radius 2 is 2.05 bits per heavy atom. The van der Waals surface area contributed by atoms with Crippen molar-refractivity contribution in [3.8, 4) is 0 Å². The first-order valence-corrected chi connectivity index (χ1v) is 8.56. The van der Waals surface area contributed by atoms with Crippen molar-refractivity contribution in [1.82, 2.24) is 10.2 Å². The first-order chi connectivity index (χ1) is 10.7. The van der Waals surface area contributed by atoms with Crippen molar-refractivity contribution < 1.29 is 4.79 Å². The zero-order valence-electron chi connectivity index (χ0n) is 12.5. The number of unbranched alkanes of at least 4 members (excludes halogenated alkanes) is 3. The number of hydrogen-bond acceptors (Lipinski definition) is 4. The largest absolute Gasteiger partial charge is 0.328 e. The van der Waals surface area contributed by atoms with Crippen molar-refractivity contribution in [1.29, 1.82) is 0 Å². The van der Waals surface area contributed by atoms with E-state index in [0.717, 1.165) is 19.3 Å². The smallest absolute Gasteiger partial charge is 0.307 e. The van der Waals surface area contributed by atoms with Gasteiger partial charge in [0, 0.05) is 17.3 Å². The molecule has 0 fully saturated rings. The number of hydrogen-bond donors (Lipinski definition) is 1. The van der Waals surface area contributed by atoms with Gasteiger partial charge in [0.2, 0.25) is 5.13 Å². The number of aromatic nitrogens is 2. The number of anilines is 2. The molecule has 0 aliphatic carbocycles. The Morgan fingerprint density at radius 1 is 1.27 bits per heavy atom. The maximum Gasteiger partial charge on any atom is 0.328 e. The Kier molecular flexibility index (Phi) is 6.61. The van der Waals surface area contributed by atoms with Crippen LogP contribution in [0.25, 0.3) is 0 Å². The maximum atomic E-state index is 12.5. The van der Waals surface area contributed by atoms with Gasteiger partial charge in [0.1, 0.15) is 5.51 Å². The molecule has 2 rings (SSSR count). The van der Waals surface area contributed by atoms with E-state index in [1.54, 1.807) is 34.7 Å². The number of nitrogens with one attached hydrogen (secondary N) is 1. The summed E-state index contributed by atoms with van der Waals surface area (Å²) < 4.78 is 0. The highest BCUT2D eigenvalue weighted by Gasteiger charge is 2.18. The fourth-order valence-electron chi connectivity index (χ4n) is 1.99. The number of carbonyl (C=O) groups excluding carboxylic acids is 1. The van der Waals surface area contributed by atoms with Gasteiger partial charge in [-0.25, -0.2) is 4.79 Å². The Morgan fingerprint density at radius 3 is 2.68 bits per heavy atom. The highest BCUT2D eigenvalue weighted by molar-refractivity contribution is 7.13. The molecule has 2 aromatic rings. The lowest BCUT2D eigenvalue weighted by Gasteiger charge is -2.20. The summed E-state index contributed by atoms with van der Waals surface area (Å²) in [6.07, 6.45) is 4.38. The third kappa shape index (κ3) is 4.96. The van der Waals surface area contributed by atoms with Crippen molar-refractivity contribution in [3.63, 3.8) is 0 Å². The second-order valence-electron chi connectivity index (χ2n) is 4.87. The molecule has 0 bridgehead atoms. The van der Waals surface area contributed by atoms with Gasteiger partial charge in [-0.2, -0.15) is 0 Å². The van der Waals surface area contributed by atoms with Crippen molar-refractivity contribution in [2.24, 2.45) is 0 Å². The van der Waals surface area contributed by atoms with Crippen molar-refractivity contribution >= 4 is 39.8 Å². The Balaban J connectivity index is 2.00. The number of amides is 2. The molecule has 0 saturated carbocycles. The van der Waals surface area contributed by atoms with E-state index in [4.69, 9.17) is 11.6 Å². The second kappa shape index (κ2) is 8.70. The molecule has 2 amide bonds. The normalized spacial score (nSPS) is 10.5. The molecule has 0 unspecified atom stereocenters. The Labute approximate surface area is 139 Å². The predicted molar refractivity (Wildman–Crippen MR) is 91.9 cm³/mol. The molecule has 0 aliphatic rings. The lowest BCUT2D eigenvalue weighted by molar-refractivity contribution is 0.256. The molecule has 0 saturated heterocycles. The topological polar surface area (TPSA) is 58.1 Å². The van der Waals surface area contributed by atoms with Crippen LogP contribution in [0.2, 0.25) is 5.02 Å². The molecule has 1 N–H and O–H groups in total. The van der Waals surface area contributed by atoms with Gasteiger partial charge in [0.25, 0.3) is 0 Å². The zero-order chi connectivity index (χ0) is 15.8. The number of halogens is 1. The quantitative estimate of drug-likeness (QED) is 0.737. The first kappa shape index (κ1) is 16.7. The van der Waals surface area contributed by atoms with Crippen LogP contribution in [-0.4, -0.2) is 22.8 Å².